The molecule has 0 atom stereocenters. The summed E-state index contributed by atoms with van der Waals surface area (Å²) < 4.78 is 2.04. The monoisotopic (exact) mass is 367 g/mol. The van der Waals surface area contributed by atoms with Crippen LogP contribution < -0.4 is 10.9 Å². The van der Waals surface area contributed by atoms with E-state index in [1.54, 1.807) is 6.07 Å². The van der Waals surface area contributed by atoms with Crippen LogP contribution in [0.4, 0.5) is 0 Å². The number of hydrogen-bond acceptors (Lipinski definition) is 6. The number of amides is 1. The van der Waals surface area contributed by atoms with E-state index in [4.69, 9.17) is 0 Å². The number of rotatable bonds is 6. The second-order valence-electron chi connectivity index (χ2n) is 5.90. The topological polar surface area (TPSA) is 84.2 Å². The highest BCUT2D eigenvalue weighted by atomic mass is 32.2. The normalized spacial score (nSPS) is 15.7. The Morgan fingerprint density at radius 3 is 2.96 bits per heavy atom. The number of hydrogen-bond donors (Lipinski definition) is 2. The third-order valence-electron chi connectivity index (χ3n) is 4.16. The van der Waals surface area contributed by atoms with Crippen molar-refractivity contribution in [2.75, 3.05) is 12.4 Å². The third kappa shape index (κ3) is 3.99. The fraction of sp³-hybridized carbons (Fsp3) is 0.562. The fourth-order valence-electron chi connectivity index (χ4n) is 2.98. The van der Waals surface area contributed by atoms with Crippen LogP contribution in [0.1, 0.15) is 32.1 Å². The second-order valence-corrected chi connectivity index (χ2v) is 7.76. The predicted molar refractivity (Wildman–Crippen MR) is 96.7 cm³/mol. The zero-order chi connectivity index (χ0) is 16.9. The van der Waals surface area contributed by atoms with Crippen molar-refractivity contribution in [1.29, 1.82) is 0 Å². The van der Waals surface area contributed by atoms with Crippen molar-refractivity contribution in [2.45, 2.75) is 49.8 Å². The molecular weight excluding hydrogens is 346 g/mol. The molecule has 0 bridgehead atoms. The molecule has 2 N–H and O–H groups in total. The number of nitrogens with zero attached hydrogens (tertiary/aromatic N) is 2. The molecule has 1 saturated carbocycles. The number of aliphatic hydroxyl groups excluding tert-OH is 1. The van der Waals surface area contributed by atoms with Gasteiger partial charge < -0.3 is 10.4 Å². The van der Waals surface area contributed by atoms with E-state index >= 15 is 0 Å². The van der Waals surface area contributed by atoms with Crippen molar-refractivity contribution in [3.05, 3.63) is 21.8 Å². The van der Waals surface area contributed by atoms with Gasteiger partial charge in [-0.2, -0.15) is 0 Å². The summed E-state index contributed by atoms with van der Waals surface area (Å²) in [6, 6.07) is 2.08. The van der Waals surface area contributed by atoms with Crippen molar-refractivity contribution in [1.82, 2.24) is 14.9 Å². The van der Waals surface area contributed by atoms with Gasteiger partial charge in [-0.1, -0.05) is 31.0 Å². The van der Waals surface area contributed by atoms with Crippen LogP contribution in [0.25, 0.3) is 10.2 Å². The first-order valence-electron chi connectivity index (χ1n) is 8.20. The number of fused-ring (bicyclic) bond motifs is 1. The molecule has 1 aliphatic rings. The number of aliphatic hydroxyl groups is 1. The van der Waals surface area contributed by atoms with E-state index in [9.17, 15) is 14.7 Å². The fourth-order valence-corrected chi connectivity index (χ4v) is 4.59. The minimum Gasteiger partial charge on any atom is -0.395 e. The Balaban J connectivity index is 1.70. The van der Waals surface area contributed by atoms with Crippen LogP contribution in [0.2, 0.25) is 0 Å². The van der Waals surface area contributed by atoms with Crippen LogP contribution in [0.15, 0.2) is 21.4 Å². The number of thioether (sulfide) groups is 1. The van der Waals surface area contributed by atoms with Crippen molar-refractivity contribution in [3.63, 3.8) is 0 Å². The maximum atomic E-state index is 12.5. The number of carbonyl (C=O) groups excluding carboxylic acids is 1. The Bertz CT molecular complexity index is 766. The lowest BCUT2D eigenvalue weighted by Gasteiger charge is -2.22. The van der Waals surface area contributed by atoms with Crippen LogP contribution >= 0.6 is 23.1 Å². The second kappa shape index (κ2) is 8.13. The van der Waals surface area contributed by atoms with Gasteiger partial charge in [-0.05, 0) is 24.3 Å². The summed E-state index contributed by atoms with van der Waals surface area (Å²) in [6.07, 6.45) is 5.68. The molecule has 0 radical (unpaired) electrons. The number of carbonyl (C=O) groups is 1. The van der Waals surface area contributed by atoms with Crippen molar-refractivity contribution >= 4 is 39.2 Å². The predicted octanol–water partition coefficient (Wildman–Crippen LogP) is 1.99. The number of thiophene rings is 1. The molecule has 24 heavy (non-hydrogen) atoms. The Labute approximate surface area is 148 Å². The van der Waals surface area contributed by atoms with Crippen LogP contribution in [0.5, 0.6) is 0 Å². The van der Waals surface area contributed by atoms with Gasteiger partial charge in [-0.3, -0.25) is 14.2 Å². The molecule has 0 aliphatic heterocycles. The van der Waals surface area contributed by atoms with E-state index in [0.29, 0.717) is 15.4 Å². The van der Waals surface area contributed by atoms with Gasteiger partial charge in [0.2, 0.25) is 5.91 Å². The molecule has 1 aliphatic carbocycles. The minimum absolute atomic E-state index is 0.0258. The summed E-state index contributed by atoms with van der Waals surface area (Å²) in [5.74, 6) is 0.200. The van der Waals surface area contributed by atoms with E-state index in [-0.39, 0.29) is 36.4 Å². The summed E-state index contributed by atoms with van der Waals surface area (Å²) >= 11 is 2.59. The van der Waals surface area contributed by atoms with Gasteiger partial charge >= 0.3 is 0 Å². The summed E-state index contributed by atoms with van der Waals surface area (Å²) in [5, 5.41) is 14.6. The summed E-state index contributed by atoms with van der Waals surface area (Å²) in [6.45, 7) is 0.0482. The largest absolute Gasteiger partial charge is 0.395 e. The van der Waals surface area contributed by atoms with Gasteiger partial charge in [0.15, 0.2) is 5.16 Å². The highest BCUT2D eigenvalue weighted by Crippen LogP contribution is 2.21. The molecule has 6 nitrogen and oxygen atoms in total. The molecule has 130 valence electrons. The van der Waals surface area contributed by atoms with Crippen molar-refractivity contribution in [2.24, 2.45) is 0 Å². The first kappa shape index (κ1) is 17.4. The Morgan fingerprint density at radius 2 is 2.21 bits per heavy atom. The number of aromatic nitrogens is 2. The molecular formula is C16H21N3O3S2. The SMILES string of the molecule is O=C(CSc1nc2ccsc2c(=O)n1CCO)NC1CCCCC1. The van der Waals surface area contributed by atoms with Gasteiger partial charge in [-0.15, -0.1) is 11.3 Å². The van der Waals surface area contributed by atoms with Crippen LogP contribution in [-0.4, -0.2) is 39.0 Å². The average Bonchev–Trinajstić information content (AvgIpc) is 3.05. The lowest BCUT2D eigenvalue weighted by Crippen LogP contribution is -2.37. The van der Waals surface area contributed by atoms with Gasteiger partial charge in [-0.25, -0.2) is 4.98 Å². The van der Waals surface area contributed by atoms with Gasteiger partial charge in [0.1, 0.15) is 4.70 Å². The summed E-state index contributed by atoms with van der Waals surface area (Å²) in [5.41, 5.74) is 0.494. The van der Waals surface area contributed by atoms with E-state index in [1.165, 1.54) is 46.9 Å². The molecule has 0 saturated heterocycles. The third-order valence-corrected chi connectivity index (χ3v) is 6.03. The van der Waals surface area contributed by atoms with E-state index in [0.717, 1.165) is 12.8 Å². The zero-order valence-electron chi connectivity index (χ0n) is 13.4. The Morgan fingerprint density at radius 1 is 1.42 bits per heavy atom. The molecule has 1 amide bonds. The molecule has 0 unspecified atom stereocenters. The average molecular weight is 367 g/mol. The van der Waals surface area contributed by atoms with Crippen LogP contribution in [0.3, 0.4) is 0 Å². The lowest BCUT2D eigenvalue weighted by molar-refractivity contribution is -0.119. The molecule has 8 heteroatoms. The number of nitrogens with one attached hydrogen (secondary N) is 1. The molecule has 0 aromatic carbocycles. The van der Waals surface area contributed by atoms with Gasteiger partial charge in [0, 0.05) is 6.04 Å². The molecule has 2 aromatic rings. The van der Waals surface area contributed by atoms with E-state index in [1.807, 2.05) is 5.38 Å². The van der Waals surface area contributed by atoms with Gasteiger partial charge in [0.05, 0.1) is 24.4 Å². The van der Waals surface area contributed by atoms with Crippen molar-refractivity contribution in [3.8, 4) is 0 Å². The summed E-state index contributed by atoms with van der Waals surface area (Å²) in [4.78, 5) is 29.1. The molecule has 2 aromatic heterocycles. The highest BCUT2D eigenvalue weighted by molar-refractivity contribution is 7.99. The van der Waals surface area contributed by atoms with E-state index in [2.05, 4.69) is 10.3 Å². The molecule has 3 rings (SSSR count). The standard InChI is InChI=1S/C16H21N3O3S2/c20-8-7-19-15(22)14-12(6-9-23-14)18-16(19)24-10-13(21)17-11-4-2-1-3-5-11/h6,9,11,20H,1-5,7-8,10H2,(H,17,21). The van der Waals surface area contributed by atoms with Gasteiger partial charge in [0.25, 0.3) is 5.56 Å². The smallest absolute Gasteiger partial charge is 0.272 e. The van der Waals surface area contributed by atoms with Crippen LogP contribution in [0, 0.1) is 0 Å². The van der Waals surface area contributed by atoms with Crippen molar-refractivity contribution < 1.29 is 9.90 Å². The first-order chi connectivity index (χ1) is 11.7. The lowest BCUT2D eigenvalue weighted by atomic mass is 9.95. The Kier molecular flexibility index (Phi) is 5.91. The maximum absolute atomic E-state index is 12.5. The van der Waals surface area contributed by atoms with E-state index < -0.39 is 0 Å². The zero-order valence-corrected chi connectivity index (χ0v) is 15.0. The minimum atomic E-state index is -0.153. The molecule has 2 heterocycles. The summed E-state index contributed by atoms with van der Waals surface area (Å²) in [7, 11) is 0. The quantitative estimate of drug-likeness (QED) is 0.603. The first-order valence-corrected chi connectivity index (χ1v) is 10.1. The highest BCUT2D eigenvalue weighted by Gasteiger charge is 2.17. The van der Waals surface area contributed by atoms with Crippen LogP contribution in [-0.2, 0) is 11.3 Å². The molecule has 0 spiro atoms. The maximum Gasteiger partial charge on any atom is 0.272 e. The molecule has 1 fully saturated rings. The Hall–Kier alpha value is -1.38.